The van der Waals surface area contributed by atoms with Crippen molar-refractivity contribution < 1.29 is 14.3 Å². The fraction of sp³-hybridized carbons (Fsp3) is 0.350. The van der Waals surface area contributed by atoms with Gasteiger partial charge in [-0.15, -0.1) is 0 Å². The molecule has 1 saturated heterocycles. The van der Waals surface area contributed by atoms with Crippen molar-refractivity contribution in [3.63, 3.8) is 0 Å². The Balaban J connectivity index is 2.00. The van der Waals surface area contributed by atoms with E-state index in [1.54, 1.807) is 14.2 Å². The van der Waals surface area contributed by atoms with E-state index in [1.807, 2.05) is 48.5 Å². The number of piperidine rings is 1. The summed E-state index contributed by atoms with van der Waals surface area (Å²) in [5.74, 6) is 1.91. The van der Waals surface area contributed by atoms with Crippen molar-refractivity contribution in [1.82, 2.24) is 4.90 Å². The van der Waals surface area contributed by atoms with Crippen molar-refractivity contribution in [3.05, 3.63) is 59.7 Å². The minimum absolute atomic E-state index is 0.00249. The highest BCUT2D eigenvalue weighted by Crippen LogP contribution is 2.43. The number of Topliss-reactive ketones (excluding diaryl/α,β-unsaturated/α-hetero) is 1. The molecule has 0 bridgehead atoms. The maximum atomic E-state index is 12.5. The van der Waals surface area contributed by atoms with Gasteiger partial charge in [0.25, 0.3) is 0 Å². The molecule has 2 aromatic rings. The van der Waals surface area contributed by atoms with Crippen LogP contribution >= 0.6 is 0 Å². The number of carbonyl (C=O) groups excluding carboxylic acids is 1. The van der Waals surface area contributed by atoms with Gasteiger partial charge in [-0.1, -0.05) is 36.4 Å². The lowest BCUT2D eigenvalue weighted by atomic mass is 9.86. The summed E-state index contributed by atoms with van der Waals surface area (Å²) < 4.78 is 11.0. The first-order chi connectivity index (χ1) is 11.7. The summed E-state index contributed by atoms with van der Waals surface area (Å²) in [5.41, 5.74) is 2.10. The van der Waals surface area contributed by atoms with Crippen molar-refractivity contribution in [1.29, 1.82) is 0 Å². The fourth-order valence-corrected chi connectivity index (χ4v) is 3.56. The smallest absolute Gasteiger partial charge is 0.136 e. The van der Waals surface area contributed by atoms with E-state index in [1.165, 1.54) is 0 Å². The molecule has 0 radical (unpaired) electrons. The predicted octanol–water partition coefficient (Wildman–Crippen LogP) is 3.78. The Kier molecular flexibility index (Phi) is 4.86. The van der Waals surface area contributed by atoms with Gasteiger partial charge in [0.15, 0.2) is 0 Å². The molecule has 126 valence electrons. The summed E-state index contributed by atoms with van der Waals surface area (Å²) in [6, 6.07) is 15.8. The Bertz CT molecular complexity index is 669. The molecule has 1 fully saturated rings. The van der Waals surface area contributed by atoms with Gasteiger partial charge in [0, 0.05) is 36.1 Å². The molecule has 0 spiro atoms. The van der Waals surface area contributed by atoms with Gasteiger partial charge >= 0.3 is 0 Å². The van der Waals surface area contributed by atoms with Gasteiger partial charge in [0.1, 0.15) is 17.3 Å². The number of ether oxygens (including phenoxy) is 2. The van der Waals surface area contributed by atoms with Crippen LogP contribution in [-0.2, 0) is 4.79 Å². The Morgan fingerprint density at radius 2 is 1.25 bits per heavy atom. The first kappa shape index (κ1) is 16.5. The van der Waals surface area contributed by atoms with E-state index in [4.69, 9.17) is 9.47 Å². The van der Waals surface area contributed by atoms with Crippen LogP contribution in [0.5, 0.6) is 11.5 Å². The molecule has 0 saturated carbocycles. The van der Waals surface area contributed by atoms with Gasteiger partial charge in [-0.2, -0.15) is 0 Å². The third-order valence-electron chi connectivity index (χ3n) is 4.82. The van der Waals surface area contributed by atoms with Gasteiger partial charge in [0.2, 0.25) is 0 Å². The van der Waals surface area contributed by atoms with E-state index in [9.17, 15) is 4.79 Å². The first-order valence-electron chi connectivity index (χ1n) is 8.15. The van der Waals surface area contributed by atoms with E-state index in [-0.39, 0.29) is 17.9 Å². The molecule has 0 aromatic heterocycles. The second kappa shape index (κ2) is 7.05. The molecule has 24 heavy (non-hydrogen) atoms. The Hall–Kier alpha value is -2.33. The number of ketones is 1. The fourth-order valence-electron chi connectivity index (χ4n) is 3.56. The van der Waals surface area contributed by atoms with Crippen LogP contribution in [-0.4, -0.2) is 32.0 Å². The zero-order valence-electron chi connectivity index (χ0n) is 14.4. The van der Waals surface area contributed by atoms with Crippen molar-refractivity contribution in [2.45, 2.75) is 24.9 Å². The molecule has 1 aliphatic heterocycles. The standard InChI is InChI=1S/C20H23NO3/c1-21-17(15-8-4-6-10-19(15)23-2)12-14(22)13-18(21)16-9-5-7-11-20(16)24-3/h4-11,17-18H,12-13H2,1-3H3. The van der Waals surface area contributed by atoms with Crippen LogP contribution in [0, 0.1) is 0 Å². The highest BCUT2D eigenvalue weighted by atomic mass is 16.5. The van der Waals surface area contributed by atoms with Crippen LogP contribution in [0.15, 0.2) is 48.5 Å². The van der Waals surface area contributed by atoms with E-state index >= 15 is 0 Å². The number of rotatable bonds is 4. The highest BCUT2D eigenvalue weighted by Gasteiger charge is 2.36. The third kappa shape index (κ3) is 3.02. The summed E-state index contributed by atoms with van der Waals surface area (Å²) in [5, 5.41) is 0. The van der Waals surface area contributed by atoms with Crippen LogP contribution in [0.3, 0.4) is 0 Å². The molecule has 1 heterocycles. The van der Waals surface area contributed by atoms with Crippen molar-refractivity contribution >= 4 is 5.78 Å². The number of likely N-dealkylation sites (tertiary alicyclic amines) is 1. The van der Waals surface area contributed by atoms with Crippen LogP contribution < -0.4 is 9.47 Å². The number of hydrogen-bond acceptors (Lipinski definition) is 4. The van der Waals surface area contributed by atoms with Crippen molar-refractivity contribution in [3.8, 4) is 11.5 Å². The Morgan fingerprint density at radius 3 is 1.67 bits per heavy atom. The molecule has 2 unspecified atom stereocenters. The molecule has 0 amide bonds. The molecule has 0 N–H and O–H groups in total. The minimum Gasteiger partial charge on any atom is -0.496 e. The second-order valence-corrected chi connectivity index (χ2v) is 6.13. The number of nitrogens with zero attached hydrogens (tertiary/aromatic N) is 1. The van der Waals surface area contributed by atoms with Crippen LogP contribution in [0.2, 0.25) is 0 Å². The number of methoxy groups -OCH3 is 2. The number of benzene rings is 2. The summed E-state index contributed by atoms with van der Waals surface area (Å²) >= 11 is 0. The lowest BCUT2D eigenvalue weighted by molar-refractivity contribution is -0.125. The van der Waals surface area contributed by atoms with Crippen LogP contribution in [0.25, 0.3) is 0 Å². The third-order valence-corrected chi connectivity index (χ3v) is 4.82. The molecular weight excluding hydrogens is 302 g/mol. The predicted molar refractivity (Wildman–Crippen MR) is 93.5 cm³/mol. The second-order valence-electron chi connectivity index (χ2n) is 6.13. The van der Waals surface area contributed by atoms with E-state index < -0.39 is 0 Å². The monoisotopic (exact) mass is 325 g/mol. The summed E-state index contributed by atoms with van der Waals surface area (Å²) in [4.78, 5) is 14.7. The Morgan fingerprint density at radius 1 is 0.833 bits per heavy atom. The maximum absolute atomic E-state index is 12.5. The van der Waals surface area contributed by atoms with Crippen molar-refractivity contribution in [2.75, 3.05) is 21.3 Å². The SMILES string of the molecule is COc1ccccc1C1CC(=O)CC(c2ccccc2OC)N1C. The topological polar surface area (TPSA) is 38.8 Å². The summed E-state index contributed by atoms with van der Waals surface area (Å²) in [6.45, 7) is 0. The molecule has 1 aliphatic rings. The average molecular weight is 325 g/mol. The molecule has 2 atom stereocenters. The summed E-state index contributed by atoms with van der Waals surface area (Å²) in [7, 11) is 5.41. The molecule has 4 nitrogen and oxygen atoms in total. The zero-order chi connectivity index (χ0) is 17.1. The van der Waals surface area contributed by atoms with Crippen LogP contribution in [0.4, 0.5) is 0 Å². The molecular formula is C20H23NO3. The minimum atomic E-state index is -0.00249. The quantitative estimate of drug-likeness (QED) is 0.857. The molecule has 0 aliphatic carbocycles. The highest BCUT2D eigenvalue weighted by molar-refractivity contribution is 5.81. The normalized spacial score (nSPS) is 21.5. The molecule has 2 aromatic carbocycles. The maximum Gasteiger partial charge on any atom is 0.136 e. The van der Waals surface area contributed by atoms with Gasteiger partial charge in [-0.05, 0) is 19.2 Å². The van der Waals surface area contributed by atoms with E-state index in [0.29, 0.717) is 12.8 Å². The van der Waals surface area contributed by atoms with Crippen molar-refractivity contribution in [2.24, 2.45) is 0 Å². The molecule has 3 rings (SSSR count). The number of hydrogen-bond donors (Lipinski definition) is 0. The zero-order valence-corrected chi connectivity index (χ0v) is 14.4. The van der Waals surface area contributed by atoms with E-state index in [0.717, 1.165) is 22.6 Å². The average Bonchev–Trinajstić information content (AvgIpc) is 2.63. The van der Waals surface area contributed by atoms with Crippen LogP contribution in [0.1, 0.15) is 36.1 Å². The number of para-hydroxylation sites is 2. The number of carbonyl (C=O) groups is 1. The van der Waals surface area contributed by atoms with Gasteiger partial charge in [0.05, 0.1) is 14.2 Å². The van der Waals surface area contributed by atoms with Gasteiger partial charge < -0.3 is 9.47 Å². The largest absolute Gasteiger partial charge is 0.496 e. The first-order valence-corrected chi connectivity index (χ1v) is 8.15. The summed E-state index contributed by atoms with van der Waals surface area (Å²) in [6.07, 6.45) is 1.01. The molecule has 4 heteroatoms. The van der Waals surface area contributed by atoms with E-state index in [2.05, 4.69) is 11.9 Å². The lowest BCUT2D eigenvalue weighted by Gasteiger charge is -2.40. The lowest BCUT2D eigenvalue weighted by Crippen LogP contribution is -2.37. The van der Waals surface area contributed by atoms with Gasteiger partial charge in [-0.3, -0.25) is 9.69 Å². The van der Waals surface area contributed by atoms with Gasteiger partial charge in [-0.25, -0.2) is 0 Å². The Labute approximate surface area is 143 Å².